The van der Waals surface area contributed by atoms with Gasteiger partial charge in [0.2, 0.25) is 5.91 Å². The first-order valence-corrected chi connectivity index (χ1v) is 6.02. The van der Waals surface area contributed by atoms with Crippen LogP contribution in [0.5, 0.6) is 0 Å². The molecule has 0 aliphatic carbocycles. The zero-order valence-corrected chi connectivity index (χ0v) is 11.2. The van der Waals surface area contributed by atoms with Gasteiger partial charge in [-0.15, -0.1) is 0 Å². The molecule has 0 aliphatic heterocycles. The standard InChI is InChI=1S/C13H16F2N2O3/c1-3-13(2,12(19)20)16-7-11(18)17-10-5-4-8(14)6-9(10)15/h4-6,16H,3,7H2,1-2H3,(H,17,18)(H,19,20). The fraction of sp³-hybridized carbons (Fsp3) is 0.385. The van der Waals surface area contributed by atoms with E-state index in [1.54, 1.807) is 6.92 Å². The van der Waals surface area contributed by atoms with Gasteiger partial charge in [-0.3, -0.25) is 14.9 Å². The lowest BCUT2D eigenvalue weighted by Gasteiger charge is -2.24. The maximum absolute atomic E-state index is 13.3. The molecule has 0 aromatic heterocycles. The Morgan fingerprint density at radius 1 is 1.35 bits per heavy atom. The van der Waals surface area contributed by atoms with Gasteiger partial charge in [0.25, 0.3) is 0 Å². The number of carbonyl (C=O) groups excluding carboxylic acids is 1. The van der Waals surface area contributed by atoms with E-state index in [2.05, 4.69) is 10.6 Å². The van der Waals surface area contributed by atoms with Crippen LogP contribution in [-0.4, -0.2) is 29.1 Å². The molecule has 0 radical (unpaired) electrons. The molecule has 1 amide bonds. The number of amides is 1. The second-order valence-corrected chi connectivity index (χ2v) is 4.52. The zero-order chi connectivity index (χ0) is 15.3. The molecule has 1 atom stereocenters. The van der Waals surface area contributed by atoms with E-state index < -0.39 is 29.0 Å². The lowest BCUT2D eigenvalue weighted by atomic mass is 9.99. The highest BCUT2D eigenvalue weighted by molar-refractivity contribution is 5.93. The molecule has 1 aromatic carbocycles. The molecule has 7 heteroatoms. The van der Waals surface area contributed by atoms with Crippen LogP contribution in [0, 0.1) is 11.6 Å². The van der Waals surface area contributed by atoms with Crippen LogP contribution >= 0.6 is 0 Å². The van der Waals surface area contributed by atoms with Crippen LogP contribution in [0.3, 0.4) is 0 Å². The number of anilines is 1. The van der Waals surface area contributed by atoms with Crippen molar-refractivity contribution in [3.63, 3.8) is 0 Å². The molecule has 20 heavy (non-hydrogen) atoms. The van der Waals surface area contributed by atoms with Gasteiger partial charge in [0, 0.05) is 6.07 Å². The number of carboxylic acids is 1. The topological polar surface area (TPSA) is 78.4 Å². The van der Waals surface area contributed by atoms with Crippen LogP contribution in [0.1, 0.15) is 20.3 Å². The van der Waals surface area contributed by atoms with Crippen molar-refractivity contribution < 1.29 is 23.5 Å². The quantitative estimate of drug-likeness (QED) is 0.744. The average molecular weight is 286 g/mol. The first-order chi connectivity index (χ1) is 9.28. The van der Waals surface area contributed by atoms with Crippen molar-refractivity contribution in [2.45, 2.75) is 25.8 Å². The van der Waals surface area contributed by atoms with Gasteiger partial charge in [0.1, 0.15) is 17.2 Å². The Labute approximate surface area is 115 Å². The molecule has 0 spiro atoms. The van der Waals surface area contributed by atoms with Crippen LogP contribution in [0.4, 0.5) is 14.5 Å². The Balaban J connectivity index is 2.62. The van der Waals surface area contributed by atoms with E-state index in [0.29, 0.717) is 6.07 Å². The van der Waals surface area contributed by atoms with Crippen LogP contribution in [0.2, 0.25) is 0 Å². The minimum absolute atomic E-state index is 0.160. The van der Waals surface area contributed by atoms with E-state index in [0.717, 1.165) is 12.1 Å². The molecule has 110 valence electrons. The van der Waals surface area contributed by atoms with Crippen molar-refractivity contribution in [1.82, 2.24) is 5.32 Å². The molecule has 0 saturated carbocycles. The SMILES string of the molecule is CCC(C)(NCC(=O)Nc1ccc(F)cc1F)C(=O)O. The second-order valence-electron chi connectivity index (χ2n) is 4.52. The molecule has 0 fully saturated rings. The van der Waals surface area contributed by atoms with E-state index in [1.807, 2.05) is 0 Å². The van der Waals surface area contributed by atoms with Crippen molar-refractivity contribution in [1.29, 1.82) is 0 Å². The third-order valence-corrected chi connectivity index (χ3v) is 3.02. The largest absolute Gasteiger partial charge is 0.480 e. The predicted molar refractivity (Wildman–Crippen MR) is 69.3 cm³/mol. The van der Waals surface area contributed by atoms with Crippen molar-refractivity contribution in [3.8, 4) is 0 Å². The number of nitrogens with one attached hydrogen (secondary N) is 2. The molecule has 3 N–H and O–H groups in total. The summed E-state index contributed by atoms with van der Waals surface area (Å²) in [6, 6.07) is 2.76. The molecule has 0 aliphatic rings. The number of hydrogen-bond donors (Lipinski definition) is 3. The number of carbonyl (C=O) groups is 2. The second kappa shape index (κ2) is 6.42. The summed E-state index contributed by atoms with van der Waals surface area (Å²) in [7, 11) is 0. The molecule has 0 bridgehead atoms. The molecular weight excluding hydrogens is 270 g/mol. The van der Waals surface area contributed by atoms with Gasteiger partial charge in [0.05, 0.1) is 12.2 Å². The van der Waals surface area contributed by atoms with Gasteiger partial charge in [-0.2, -0.15) is 0 Å². The maximum Gasteiger partial charge on any atom is 0.323 e. The molecular formula is C13H16F2N2O3. The average Bonchev–Trinajstić information content (AvgIpc) is 2.39. The van der Waals surface area contributed by atoms with Crippen LogP contribution in [-0.2, 0) is 9.59 Å². The third-order valence-electron chi connectivity index (χ3n) is 3.02. The zero-order valence-electron chi connectivity index (χ0n) is 11.2. The molecule has 1 unspecified atom stereocenters. The minimum Gasteiger partial charge on any atom is -0.480 e. The van der Waals surface area contributed by atoms with Crippen molar-refractivity contribution in [3.05, 3.63) is 29.8 Å². The Morgan fingerprint density at radius 3 is 2.50 bits per heavy atom. The fourth-order valence-electron chi connectivity index (χ4n) is 1.41. The summed E-state index contributed by atoms with van der Waals surface area (Å²) in [6.45, 7) is 2.81. The number of rotatable bonds is 6. The van der Waals surface area contributed by atoms with Crippen molar-refractivity contribution in [2.24, 2.45) is 0 Å². The maximum atomic E-state index is 13.3. The Morgan fingerprint density at radius 2 is 2.00 bits per heavy atom. The number of halogens is 2. The number of aliphatic carboxylic acids is 1. The normalized spacial score (nSPS) is 13.6. The van der Waals surface area contributed by atoms with Crippen LogP contribution < -0.4 is 10.6 Å². The summed E-state index contributed by atoms with van der Waals surface area (Å²) in [4.78, 5) is 22.6. The highest BCUT2D eigenvalue weighted by Gasteiger charge is 2.30. The van der Waals surface area contributed by atoms with E-state index in [9.17, 15) is 18.4 Å². The summed E-state index contributed by atoms with van der Waals surface area (Å²) in [6.07, 6.45) is 0.278. The lowest BCUT2D eigenvalue weighted by molar-refractivity contribution is -0.144. The third kappa shape index (κ3) is 3.99. The first-order valence-electron chi connectivity index (χ1n) is 6.02. The molecule has 1 aromatic rings. The predicted octanol–water partition coefficient (Wildman–Crippen LogP) is 1.75. The van der Waals surface area contributed by atoms with Gasteiger partial charge in [-0.1, -0.05) is 6.92 Å². The van der Waals surface area contributed by atoms with Crippen molar-refractivity contribution >= 4 is 17.6 Å². The Kier molecular flexibility index (Phi) is 5.15. The summed E-state index contributed by atoms with van der Waals surface area (Å²) < 4.78 is 26.0. The van der Waals surface area contributed by atoms with Gasteiger partial charge < -0.3 is 10.4 Å². The minimum atomic E-state index is -1.24. The number of carboxylic acid groups (broad SMARTS) is 1. The van der Waals surface area contributed by atoms with Crippen LogP contribution in [0.15, 0.2) is 18.2 Å². The monoisotopic (exact) mass is 286 g/mol. The van der Waals surface area contributed by atoms with Gasteiger partial charge >= 0.3 is 5.97 Å². The van der Waals surface area contributed by atoms with Gasteiger partial charge in [-0.25, -0.2) is 8.78 Å². The Hall–Kier alpha value is -2.02. The fourth-order valence-corrected chi connectivity index (χ4v) is 1.41. The van der Waals surface area contributed by atoms with Gasteiger partial charge in [-0.05, 0) is 25.5 Å². The smallest absolute Gasteiger partial charge is 0.323 e. The molecule has 1 rings (SSSR count). The molecule has 0 heterocycles. The Bertz CT molecular complexity index is 522. The highest BCUT2D eigenvalue weighted by atomic mass is 19.1. The first kappa shape index (κ1) is 16.0. The summed E-state index contributed by atoms with van der Waals surface area (Å²) in [5.41, 5.74) is -1.40. The lowest BCUT2D eigenvalue weighted by Crippen LogP contribution is -2.51. The summed E-state index contributed by atoms with van der Waals surface area (Å²) >= 11 is 0. The van der Waals surface area contributed by atoms with E-state index in [-0.39, 0.29) is 18.7 Å². The van der Waals surface area contributed by atoms with Gasteiger partial charge in [0.15, 0.2) is 0 Å². The number of benzene rings is 1. The molecule has 0 saturated heterocycles. The summed E-state index contributed by atoms with van der Waals surface area (Å²) in [5, 5.41) is 13.8. The van der Waals surface area contributed by atoms with Crippen molar-refractivity contribution in [2.75, 3.05) is 11.9 Å². The van der Waals surface area contributed by atoms with E-state index in [1.165, 1.54) is 6.92 Å². The van der Waals surface area contributed by atoms with E-state index >= 15 is 0 Å². The number of hydrogen-bond acceptors (Lipinski definition) is 3. The molecule has 5 nitrogen and oxygen atoms in total. The van der Waals surface area contributed by atoms with E-state index in [4.69, 9.17) is 5.11 Å². The highest BCUT2D eigenvalue weighted by Crippen LogP contribution is 2.15. The summed E-state index contributed by atoms with van der Waals surface area (Å²) in [5.74, 6) is -3.34. The van der Waals surface area contributed by atoms with Crippen LogP contribution in [0.25, 0.3) is 0 Å².